The molecule has 18 heavy (non-hydrogen) atoms. The van der Waals surface area contributed by atoms with Gasteiger partial charge in [0, 0.05) is 12.8 Å². The summed E-state index contributed by atoms with van der Waals surface area (Å²) < 4.78 is 5.52. The minimum Gasteiger partial charge on any atom is -0.497 e. The van der Waals surface area contributed by atoms with E-state index in [1.807, 2.05) is 24.4 Å². The number of allylic oxidation sites excluding steroid dienone is 2. The van der Waals surface area contributed by atoms with Gasteiger partial charge in [-0.3, -0.25) is 4.79 Å². The number of thiophene rings is 1. The third-order valence-corrected chi connectivity index (χ3v) is 3.65. The second kappa shape index (κ2) is 5.82. The zero-order valence-electron chi connectivity index (χ0n) is 10.2. The molecule has 96 valence electrons. The monoisotopic (exact) mass is 265 g/mol. The maximum Gasteiger partial charge on any atom is 0.168 e. The van der Waals surface area contributed by atoms with E-state index in [0.29, 0.717) is 30.1 Å². The van der Waals surface area contributed by atoms with E-state index in [1.165, 1.54) is 11.3 Å². The van der Waals surface area contributed by atoms with Crippen LogP contribution in [0.15, 0.2) is 34.0 Å². The normalized spacial score (nSPS) is 17.2. The van der Waals surface area contributed by atoms with Crippen molar-refractivity contribution in [2.45, 2.75) is 26.2 Å². The van der Waals surface area contributed by atoms with E-state index in [9.17, 15) is 10.0 Å². The lowest BCUT2D eigenvalue weighted by Crippen LogP contribution is -2.21. The standard InChI is InChI=1S/C13H15NO3S/c1-2-17-10-6-3-5-9(15)12(10)13(14-16)11-7-4-8-18-11/h4,7-8,16H,2-3,5-6H2,1H3/b14-13+. The Bertz CT molecular complexity index is 488. The van der Waals surface area contributed by atoms with Crippen LogP contribution in [0.4, 0.5) is 0 Å². The van der Waals surface area contributed by atoms with E-state index >= 15 is 0 Å². The predicted molar refractivity (Wildman–Crippen MR) is 70.2 cm³/mol. The molecule has 0 bridgehead atoms. The molecule has 0 atom stereocenters. The first-order valence-corrected chi connectivity index (χ1v) is 6.81. The SMILES string of the molecule is CCOC1=C(/C(=N/O)c2cccs2)C(=O)CCC1. The first-order chi connectivity index (χ1) is 8.77. The number of hydrogen-bond donors (Lipinski definition) is 1. The van der Waals surface area contributed by atoms with Crippen molar-refractivity contribution >= 4 is 22.8 Å². The molecule has 0 amide bonds. The average molecular weight is 265 g/mol. The number of Topliss-reactive ketones (excluding diaryl/α,β-unsaturated/α-hetero) is 1. The molecule has 0 aromatic carbocycles. The van der Waals surface area contributed by atoms with Gasteiger partial charge in [-0.1, -0.05) is 11.2 Å². The lowest BCUT2D eigenvalue weighted by atomic mass is 9.92. The second-order valence-corrected chi connectivity index (χ2v) is 4.88. The van der Waals surface area contributed by atoms with Gasteiger partial charge in [0.25, 0.3) is 0 Å². The maximum absolute atomic E-state index is 12.0. The Hall–Kier alpha value is -1.62. The first-order valence-electron chi connectivity index (χ1n) is 5.93. The van der Waals surface area contributed by atoms with Crippen molar-refractivity contribution in [2.75, 3.05) is 6.61 Å². The third kappa shape index (κ3) is 2.46. The number of rotatable bonds is 4. The summed E-state index contributed by atoms with van der Waals surface area (Å²) in [5.74, 6) is 0.640. The summed E-state index contributed by atoms with van der Waals surface area (Å²) in [6, 6.07) is 3.69. The van der Waals surface area contributed by atoms with Gasteiger partial charge in [-0.2, -0.15) is 0 Å². The van der Waals surface area contributed by atoms with Gasteiger partial charge in [0.15, 0.2) is 5.78 Å². The molecule has 4 nitrogen and oxygen atoms in total. The second-order valence-electron chi connectivity index (χ2n) is 3.93. The molecule has 0 spiro atoms. The molecule has 2 rings (SSSR count). The van der Waals surface area contributed by atoms with Gasteiger partial charge in [0.2, 0.25) is 0 Å². The highest BCUT2D eigenvalue weighted by atomic mass is 32.1. The maximum atomic E-state index is 12.0. The van der Waals surface area contributed by atoms with Crippen LogP contribution in [0.25, 0.3) is 0 Å². The summed E-state index contributed by atoms with van der Waals surface area (Å²) in [5.41, 5.74) is 0.770. The lowest BCUT2D eigenvalue weighted by molar-refractivity contribution is -0.115. The number of carbonyl (C=O) groups is 1. The molecule has 0 saturated heterocycles. The van der Waals surface area contributed by atoms with E-state index in [-0.39, 0.29) is 5.78 Å². The van der Waals surface area contributed by atoms with Crippen molar-refractivity contribution in [3.8, 4) is 0 Å². The third-order valence-electron chi connectivity index (χ3n) is 2.78. The molecule has 1 aliphatic rings. The number of carbonyl (C=O) groups excluding carboxylic acids is 1. The van der Waals surface area contributed by atoms with Gasteiger partial charge in [-0.25, -0.2) is 0 Å². The molecule has 0 fully saturated rings. The van der Waals surface area contributed by atoms with Crippen LogP contribution in [-0.4, -0.2) is 23.3 Å². The van der Waals surface area contributed by atoms with E-state index < -0.39 is 0 Å². The van der Waals surface area contributed by atoms with Crippen molar-refractivity contribution in [1.29, 1.82) is 0 Å². The number of ketones is 1. The highest BCUT2D eigenvalue weighted by molar-refractivity contribution is 7.12. The average Bonchev–Trinajstić information content (AvgIpc) is 2.87. The molecule has 1 aromatic heterocycles. The van der Waals surface area contributed by atoms with Crippen LogP contribution in [0.2, 0.25) is 0 Å². The summed E-state index contributed by atoms with van der Waals surface area (Å²) in [7, 11) is 0. The Morgan fingerprint density at radius 1 is 1.56 bits per heavy atom. The van der Waals surface area contributed by atoms with E-state index in [1.54, 1.807) is 0 Å². The Balaban J connectivity index is 2.46. The Morgan fingerprint density at radius 2 is 2.39 bits per heavy atom. The number of ether oxygens (including phenoxy) is 1. The summed E-state index contributed by atoms with van der Waals surface area (Å²) in [4.78, 5) is 12.8. The smallest absolute Gasteiger partial charge is 0.168 e. The van der Waals surface area contributed by atoms with Crippen LogP contribution in [0.3, 0.4) is 0 Å². The van der Waals surface area contributed by atoms with Crippen LogP contribution in [0.1, 0.15) is 31.1 Å². The van der Waals surface area contributed by atoms with Gasteiger partial charge >= 0.3 is 0 Å². The zero-order chi connectivity index (χ0) is 13.0. The zero-order valence-corrected chi connectivity index (χ0v) is 11.0. The molecule has 1 heterocycles. The fraction of sp³-hybridized carbons (Fsp3) is 0.385. The van der Waals surface area contributed by atoms with Crippen molar-refractivity contribution in [1.82, 2.24) is 0 Å². The largest absolute Gasteiger partial charge is 0.497 e. The van der Waals surface area contributed by atoms with E-state index in [0.717, 1.165) is 17.7 Å². The summed E-state index contributed by atoms with van der Waals surface area (Å²) in [6.45, 7) is 2.39. The Morgan fingerprint density at radius 3 is 3.00 bits per heavy atom. The summed E-state index contributed by atoms with van der Waals surface area (Å²) >= 11 is 1.44. The topological polar surface area (TPSA) is 58.9 Å². The molecule has 1 aromatic rings. The minimum absolute atomic E-state index is 0.00843. The Labute approximate surface area is 110 Å². The quantitative estimate of drug-likeness (QED) is 0.517. The van der Waals surface area contributed by atoms with Crippen LogP contribution in [-0.2, 0) is 9.53 Å². The Kier molecular flexibility index (Phi) is 4.15. The van der Waals surface area contributed by atoms with Crippen LogP contribution < -0.4 is 0 Å². The van der Waals surface area contributed by atoms with Crippen LogP contribution >= 0.6 is 11.3 Å². The molecular formula is C13H15NO3S. The predicted octanol–water partition coefficient (Wildman–Crippen LogP) is 2.97. The number of oxime groups is 1. The van der Waals surface area contributed by atoms with Crippen molar-refractivity contribution in [3.05, 3.63) is 33.7 Å². The van der Waals surface area contributed by atoms with Gasteiger partial charge in [0.05, 0.1) is 17.1 Å². The molecule has 0 aliphatic heterocycles. The highest BCUT2D eigenvalue weighted by Crippen LogP contribution is 2.27. The van der Waals surface area contributed by atoms with Crippen molar-refractivity contribution < 1.29 is 14.7 Å². The highest BCUT2D eigenvalue weighted by Gasteiger charge is 2.27. The molecule has 1 N–H and O–H groups in total. The molecular weight excluding hydrogens is 250 g/mol. The number of nitrogens with zero attached hydrogens (tertiary/aromatic N) is 1. The first kappa shape index (κ1) is 12.8. The molecule has 0 radical (unpaired) electrons. The fourth-order valence-electron chi connectivity index (χ4n) is 2.03. The van der Waals surface area contributed by atoms with Gasteiger partial charge in [0.1, 0.15) is 11.5 Å². The van der Waals surface area contributed by atoms with E-state index in [2.05, 4.69) is 5.16 Å². The van der Waals surface area contributed by atoms with E-state index in [4.69, 9.17) is 4.74 Å². The van der Waals surface area contributed by atoms with Crippen molar-refractivity contribution in [3.63, 3.8) is 0 Å². The minimum atomic E-state index is -0.00843. The van der Waals surface area contributed by atoms with Gasteiger partial charge < -0.3 is 9.94 Å². The molecule has 0 unspecified atom stereocenters. The molecule has 0 saturated carbocycles. The summed E-state index contributed by atoms with van der Waals surface area (Å²) in [6.07, 6.45) is 2.00. The van der Waals surface area contributed by atoms with Crippen LogP contribution in [0.5, 0.6) is 0 Å². The number of hydrogen-bond acceptors (Lipinski definition) is 5. The van der Waals surface area contributed by atoms with Gasteiger partial charge in [-0.15, -0.1) is 11.3 Å². The fourth-order valence-corrected chi connectivity index (χ4v) is 2.75. The van der Waals surface area contributed by atoms with Crippen LogP contribution in [0, 0.1) is 0 Å². The van der Waals surface area contributed by atoms with Crippen molar-refractivity contribution in [2.24, 2.45) is 5.16 Å². The van der Waals surface area contributed by atoms with Gasteiger partial charge in [-0.05, 0) is 24.8 Å². The lowest BCUT2D eigenvalue weighted by Gasteiger charge is -2.19. The summed E-state index contributed by atoms with van der Waals surface area (Å²) in [5, 5.41) is 14.4. The molecule has 1 aliphatic carbocycles. The molecule has 5 heteroatoms.